The van der Waals surface area contributed by atoms with Crippen LogP contribution in [0.25, 0.3) is 0 Å². The van der Waals surface area contributed by atoms with Gasteiger partial charge >= 0.3 is 13.3 Å². The second kappa shape index (κ2) is 3.51. The van der Waals surface area contributed by atoms with Crippen LogP contribution < -0.4 is 11.2 Å². The molecule has 0 radical (unpaired) electrons. The molecule has 0 aliphatic rings. The third-order valence-corrected chi connectivity index (χ3v) is 1.72. The monoisotopic (exact) mass is 205 g/mol. The zero-order chi connectivity index (χ0) is 10.9. The molecule has 76 valence electrons. The number of anilines is 1. The molecule has 14 heavy (non-hydrogen) atoms. The molecule has 0 heterocycles. The Kier molecular flexibility index (Phi) is 2.72. The number of nitrogen functional groups attached to an aromatic ring is 1. The number of hydrogen-bond donors (Lipinski definition) is 3. The van der Waals surface area contributed by atoms with Crippen LogP contribution in [0.4, 0.5) is 18.9 Å². The second-order valence-corrected chi connectivity index (χ2v) is 2.68. The molecule has 0 fully saturated rings. The Morgan fingerprint density at radius 2 is 1.79 bits per heavy atom. The summed E-state index contributed by atoms with van der Waals surface area (Å²) in [5.41, 5.74) is 3.06. The lowest BCUT2D eigenvalue weighted by Crippen LogP contribution is -2.33. The fourth-order valence-electron chi connectivity index (χ4n) is 1.06. The number of rotatable bonds is 1. The molecule has 3 nitrogen and oxygen atoms in total. The van der Waals surface area contributed by atoms with Gasteiger partial charge in [0.15, 0.2) is 0 Å². The molecular formula is C7H7BF3NO2. The van der Waals surface area contributed by atoms with E-state index in [0.29, 0.717) is 0 Å². The van der Waals surface area contributed by atoms with Gasteiger partial charge in [-0.1, -0.05) is 12.1 Å². The first-order chi connectivity index (χ1) is 6.34. The van der Waals surface area contributed by atoms with Gasteiger partial charge in [0.2, 0.25) is 0 Å². The maximum Gasteiger partial charge on any atom is 0.490 e. The molecule has 0 saturated heterocycles. The van der Waals surface area contributed by atoms with E-state index in [2.05, 4.69) is 0 Å². The van der Waals surface area contributed by atoms with Crippen molar-refractivity contribution in [1.82, 2.24) is 0 Å². The fourth-order valence-corrected chi connectivity index (χ4v) is 1.06. The summed E-state index contributed by atoms with van der Waals surface area (Å²) in [6, 6.07) is 2.96. The van der Waals surface area contributed by atoms with E-state index in [0.717, 1.165) is 18.2 Å². The lowest BCUT2D eigenvalue weighted by atomic mass is 9.78. The smallest absolute Gasteiger partial charge is 0.423 e. The van der Waals surface area contributed by atoms with Crippen LogP contribution in [0.15, 0.2) is 18.2 Å². The molecule has 1 aromatic rings. The van der Waals surface area contributed by atoms with Crippen molar-refractivity contribution in [3.8, 4) is 0 Å². The standard InChI is InChI=1S/C7H7BF3NO2/c9-7(10,11)4-2-1-3-5(6(4)12)8(13)14/h1-3,13-14H,12H2. The summed E-state index contributed by atoms with van der Waals surface area (Å²) in [7, 11) is -2.00. The van der Waals surface area contributed by atoms with Gasteiger partial charge in [-0.25, -0.2) is 0 Å². The minimum absolute atomic E-state index is 0.347. The Morgan fingerprint density at radius 3 is 2.21 bits per heavy atom. The van der Waals surface area contributed by atoms with Crippen molar-refractivity contribution >= 4 is 18.3 Å². The minimum atomic E-state index is -4.59. The first kappa shape index (κ1) is 10.9. The van der Waals surface area contributed by atoms with Gasteiger partial charge in [0.05, 0.1) is 5.56 Å². The number of para-hydroxylation sites is 1. The van der Waals surface area contributed by atoms with E-state index in [9.17, 15) is 13.2 Å². The van der Waals surface area contributed by atoms with Crippen LogP contribution in [0.1, 0.15) is 5.56 Å². The van der Waals surface area contributed by atoms with Crippen molar-refractivity contribution in [3.05, 3.63) is 23.8 Å². The fraction of sp³-hybridized carbons (Fsp3) is 0.143. The molecule has 0 spiro atoms. The van der Waals surface area contributed by atoms with Gasteiger partial charge in [-0.05, 0) is 6.07 Å². The molecule has 0 saturated carbocycles. The highest BCUT2D eigenvalue weighted by Crippen LogP contribution is 2.32. The van der Waals surface area contributed by atoms with Gasteiger partial charge in [0.25, 0.3) is 0 Å². The molecule has 7 heteroatoms. The summed E-state index contributed by atoms with van der Waals surface area (Å²) in [6.07, 6.45) is -4.59. The normalized spacial score (nSPS) is 11.5. The van der Waals surface area contributed by atoms with Crippen molar-refractivity contribution in [2.75, 3.05) is 5.73 Å². The quantitative estimate of drug-likeness (QED) is 0.445. The van der Waals surface area contributed by atoms with E-state index >= 15 is 0 Å². The van der Waals surface area contributed by atoms with Crippen molar-refractivity contribution in [3.63, 3.8) is 0 Å². The maximum atomic E-state index is 12.2. The van der Waals surface area contributed by atoms with Crippen LogP contribution in [-0.4, -0.2) is 17.2 Å². The zero-order valence-electron chi connectivity index (χ0n) is 6.92. The SMILES string of the molecule is Nc1c(B(O)O)cccc1C(F)(F)F. The van der Waals surface area contributed by atoms with E-state index in [4.69, 9.17) is 15.8 Å². The highest BCUT2D eigenvalue weighted by atomic mass is 19.4. The van der Waals surface area contributed by atoms with Gasteiger partial charge in [-0.3, -0.25) is 0 Å². The zero-order valence-corrected chi connectivity index (χ0v) is 6.92. The molecule has 0 aromatic heterocycles. The van der Waals surface area contributed by atoms with E-state index in [1.165, 1.54) is 0 Å². The molecule has 0 aliphatic heterocycles. The Hall–Kier alpha value is -1.21. The van der Waals surface area contributed by atoms with Crippen molar-refractivity contribution in [2.24, 2.45) is 0 Å². The Bertz CT molecular complexity index is 340. The Balaban J connectivity index is 3.28. The first-order valence-corrected chi connectivity index (χ1v) is 3.65. The third-order valence-electron chi connectivity index (χ3n) is 1.72. The number of nitrogens with two attached hydrogens (primary N) is 1. The van der Waals surface area contributed by atoms with E-state index < -0.39 is 24.5 Å². The highest BCUT2D eigenvalue weighted by molar-refractivity contribution is 6.60. The van der Waals surface area contributed by atoms with Crippen molar-refractivity contribution < 1.29 is 23.2 Å². The average Bonchev–Trinajstić information content (AvgIpc) is 2.01. The Morgan fingerprint density at radius 1 is 1.21 bits per heavy atom. The molecule has 4 N–H and O–H groups in total. The maximum absolute atomic E-state index is 12.2. The summed E-state index contributed by atoms with van der Waals surface area (Å²) >= 11 is 0. The number of halogens is 3. The molecule has 0 bridgehead atoms. The first-order valence-electron chi connectivity index (χ1n) is 3.65. The van der Waals surface area contributed by atoms with E-state index in [1.807, 2.05) is 0 Å². The summed E-state index contributed by atoms with van der Waals surface area (Å²) in [4.78, 5) is 0. The third kappa shape index (κ3) is 1.99. The number of hydrogen-bond acceptors (Lipinski definition) is 3. The summed E-state index contributed by atoms with van der Waals surface area (Å²) in [5.74, 6) is 0. The summed E-state index contributed by atoms with van der Waals surface area (Å²) in [5, 5.41) is 17.4. The average molecular weight is 205 g/mol. The lowest BCUT2D eigenvalue weighted by molar-refractivity contribution is -0.136. The van der Waals surface area contributed by atoms with Crippen molar-refractivity contribution in [1.29, 1.82) is 0 Å². The minimum Gasteiger partial charge on any atom is -0.423 e. The van der Waals surface area contributed by atoms with Crippen LogP contribution in [0, 0.1) is 0 Å². The predicted molar refractivity (Wildman–Crippen MR) is 45.7 cm³/mol. The van der Waals surface area contributed by atoms with Crippen LogP contribution >= 0.6 is 0 Å². The van der Waals surface area contributed by atoms with E-state index in [1.54, 1.807) is 0 Å². The van der Waals surface area contributed by atoms with Gasteiger partial charge in [-0.15, -0.1) is 0 Å². The molecule has 1 aromatic carbocycles. The molecular weight excluding hydrogens is 198 g/mol. The van der Waals surface area contributed by atoms with Crippen LogP contribution in [-0.2, 0) is 6.18 Å². The highest BCUT2D eigenvalue weighted by Gasteiger charge is 2.34. The van der Waals surface area contributed by atoms with Crippen molar-refractivity contribution in [2.45, 2.75) is 6.18 Å². The largest absolute Gasteiger partial charge is 0.490 e. The van der Waals surface area contributed by atoms with Gasteiger partial charge in [0.1, 0.15) is 0 Å². The summed E-state index contributed by atoms with van der Waals surface area (Å²) < 4.78 is 36.7. The summed E-state index contributed by atoms with van der Waals surface area (Å²) in [6.45, 7) is 0. The lowest BCUT2D eigenvalue weighted by Gasteiger charge is -2.12. The molecule has 0 unspecified atom stereocenters. The van der Waals surface area contributed by atoms with Gasteiger partial charge in [-0.2, -0.15) is 13.2 Å². The molecule has 0 aliphatic carbocycles. The van der Waals surface area contributed by atoms with Crippen LogP contribution in [0.5, 0.6) is 0 Å². The van der Waals surface area contributed by atoms with Gasteiger partial charge in [0, 0.05) is 11.2 Å². The molecule has 0 amide bonds. The number of benzene rings is 1. The topological polar surface area (TPSA) is 66.5 Å². The second-order valence-electron chi connectivity index (χ2n) is 2.68. The Labute approximate surface area is 78.1 Å². The predicted octanol–water partition coefficient (Wildman–Crippen LogP) is -0.0326. The molecule has 0 atom stereocenters. The molecule has 1 rings (SSSR count). The number of alkyl halides is 3. The van der Waals surface area contributed by atoms with Crippen LogP contribution in [0.2, 0.25) is 0 Å². The van der Waals surface area contributed by atoms with Gasteiger partial charge < -0.3 is 15.8 Å². The van der Waals surface area contributed by atoms with E-state index in [-0.39, 0.29) is 5.46 Å². The van der Waals surface area contributed by atoms with Crippen LogP contribution in [0.3, 0.4) is 0 Å².